The standard InChI is InChI=1S/C16H13N3O2/c1-21-11-18-10-14(13-4-2-3-5-15(13)18)16-8-12(9-17)6-7-19(16)20/h2-8,10H,11H2,1H3. The van der Waals surface area contributed by atoms with Gasteiger partial charge in [-0.15, -0.1) is 0 Å². The molecule has 0 spiro atoms. The van der Waals surface area contributed by atoms with Crippen LogP contribution in [0.1, 0.15) is 5.56 Å². The van der Waals surface area contributed by atoms with E-state index in [0.717, 1.165) is 21.2 Å². The predicted molar refractivity (Wildman–Crippen MR) is 78.1 cm³/mol. The van der Waals surface area contributed by atoms with E-state index in [2.05, 4.69) is 6.07 Å². The first kappa shape index (κ1) is 13.2. The van der Waals surface area contributed by atoms with Crippen molar-refractivity contribution in [1.82, 2.24) is 4.57 Å². The number of nitriles is 1. The molecule has 21 heavy (non-hydrogen) atoms. The van der Waals surface area contributed by atoms with Crippen molar-refractivity contribution < 1.29 is 9.47 Å². The summed E-state index contributed by atoms with van der Waals surface area (Å²) in [5.74, 6) is 0. The highest BCUT2D eigenvalue weighted by molar-refractivity contribution is 5.94. The molecule has 0 aliphatic heterocycles. The maximum Gasteiger partial charge on any atom is 0.227 e. The lowest BCUT2D eigenvalue weighted by atomic mass is 10.1. The number of rotatable bonds is 3. The number of pyridine rings is 1. The van der Waals surface area contributed by atoms with E-state index in [1.165, 1.54) is 12.3 Å². The zero-order valence-corrected chi connectivity index (χ0v) is 11.5. The Bertz CT molecular complexity index is 846. The maximum absolute atomic E-state index is 12.1. The van der Waals surface area contributed by atoms with Gasteiger partial charge in [-0.3, -0.25) is 0 Å². The Kier molecular flexibility index (Phi) is 3.30. The molecule has 0 radical (unpaired) electrons. The van der Waals surface area contributed by atoms with E-state index in [-0.39, 0.29) is 0 Å². The minimum atomic E-state index is 0.400. The van der Waals surface area contributed by atoms with E-state index in [9.17, 15) is 5.21 Å². The highest BCUT2D eigenvalue weighted by Crippen LogP contribution is 2.29. The second kappa shape index (κ2) is 5.27. The van der Waals surface area contributed by atoms with E-state index in [1.807, 2.05) is 35.0 Å². The number of para-hydroxylation sites is 1. The summed E-state index contributed by atoms with van der Waals surface area (Å²) in [6.45, 7) is 0.400. The lowest BCUT2D eigenvalue weighted by molar-refractivity contribution is -0.593. The van der Waals surface area contributed by atoms with E-state index in [1.54, 1.807) is 13.2 Å². The molecule has 2 aromatic heterocycles. The summed E-state index contributed by atoms with van der Waals surface area (Å²) in [5.41, 5.74) is 2.69. The van der Waals surface area contributed by atoms with Crippen molar-refractivity contribution in [3.05, 3.63) is 59.6 Å². The smallest absolute Gasteiger partial charge is 0.227 e. The van der Waals surface area contributed by atoms with Crippen LogP contribution in [0.4, 0.5) is 0 Å². The molecule has 2 heterocycles. The van der Waals surface area contributed by atoms with Gasteiger partial charge in [0.15, 0.2) is 6.20 Å². The maximum atomic E-state index is 12.1. The fourth-order valence-electron chi connectivity index (χ4n) is 2.45. The van der Waals surface area contributed by atoms with Crippen molar-refractivity contribution in [3.63, 3.8) is 0 Å². The van der Waals surface area contributed by atoms with Crippen molar-refractivity contribution in [2.75, 3.05) is 7.11 Å². The first-order chi connectivity index (χ1) is 10.2. The van der Waals surface area contributed by atoms with Gasteiger partial charge in [-0.1, -0.05) is 18.2 Å². The van der Waals surface area contributed by atoms with Crippen molar-refractivity contribution in [3.8, 4) is 17.3 Å². The molecule has 0 amide bonds. The van der Waals surface area contributed by atoms with Crippen LogP contribution in [0.5, 0.6) is 0 Å². The fraction of sp³-hybridized carbons (Fsp3) is 0.125. The van der Waals surface area contributed by atoms with Gasteiger partial charge in [0.25, 0.3) is 0 Å². The van der Waals surface area contributed by atoms with Gasteiger partial charge in [0, 0.05) is 30.8 Å². The molecule has 3 rings (SSSR count). The topological polar surface area (TPSA) is 64.9 Å². The number of hydrogen-bond donors (Lipinski definition) is 0. The Labute approximate surface area is 121 Å². The second-order valence-electron chi connectivity index (χ2n) is 4.69. The lowest BCUT2D eigenvalue weighted by Crippen LogP contribution is -2.28. The third-order valence-corrected chi connectivity index (χ3v) is 3.38. The van der Waals surface area contributed by atoms with Gasteiger partial charge in [0.2, 0.25) is 5.69 Å². The Morgan fingerprint density at radius 2 is 2.14 bits per heavy atom. The fourth-order valence-corrected chi connectivity index (χ4v) is 2.45. The minimum absolute atomic E-state index is 0.400. The van der Waals surface area contributed by atoms with Crippen LogP contribution in [0.2, 0.25) is 0 Å². The van der Waals surface area contributed by atoms with E-state index in [0.29, 0.717) is 18.0 Å². The Hall–Kier alpha value is -2.84. The summed E-state index contributed by atoms with van der Waals surface area (Å²) < 4.78 is 7.90. The summed E-state index contributed by atoms with van der Waals surface area (Å²) in [6, 6.07) is 13.0. The van der Waals surface area contributed by atoms with Crippen molar-refractivity contribution in [2.24, 2.45) is 0 Å². The number of benzene rings is 1. The zero-order chi connectivity index (χ0) is 14.8. The third kappa shape index (κ3) is 2.22. The zero-order valence-electron chi connectivity index (χ0n) is 11.5. The van der Waals surface area contributed by atoms with Gasteiger partial charge < -0.3 is 14.5 Å². The molecule has 0 unspecified atom stereocenters. The molecule has 0 atom stereocenters. The van der Waals surface area contributed by atoms with Gasteiger partial charge in [0.05, 0.1) is 22.7 Å². The molecule has 1 aromatic carbocycles. The highest BCUT2D eigenvalue weighted by atomic mass is 16.5. The molecule has 3 aromatic rings. The normalized spacial score (nSPS) is 10.7. The van der Waals surface area contributed by atoms with E-state index in [4.69, 9.17) is 10.00 Å². The Morgan fingerprint density at radius 3 is 2.90 bits per heavy atom. The first-order valence-electron chi connectivity index (χ1n) is 6.45. The minimum Gasteiger partial charge on any atom is -0.618 e. The van der Waals surface area contributed by atoms with Crippen LogP contribution >= 0.6 is 0 Å². The number of ether oxygens (including phenoxy) is 1. The molecule has 0 fully saturated rings. The van der Waals surface area contributed by atoms with Crippen LogP contribution < -0.4 is 4.73 Å². The molecular formula is C16H13N3O2. The van der Waals surface area contributed by atoms with Crippen LogP contribution in [0.15, 0.2) is 48.8 Å². The van der Waals surface area contributed by atoms with Crippen molar-refractivity contribution >= 4 is 10.9 Å². The van der Waals surface area contributed by atoms with Crippen LogP contribution in [-0.2, 0) is 11.5 Å². The third-order valence-electron chi connectivity index (χ3n) is 3.38. The summed E-state index contributed by atoms with van der Waals surface area (Å²) in [5, 5.41) is 22.0. The first-order valence-corrected chi connectivity index (χ1v) is 6.45. The lowest BCUT2D eigenvalue weighted by Gasteiger charge is -2.03. The van der Waals surface area contributed by atoms with E-state index >= 15 is 0 Å². The average Bonchev–Trinajstić information content (AvgIpc) is 2.87. The number of hydrogen-bond acceptors (Lipinski definition) is 3. The van der Waals surface area contributed by atoms with Crippen molar-refractivity contribution in [1.29, 1.82) is 5.26 Å². The number of methoxy groups -OCH3 is 1. The molecule has 5 heteroatoms. The summed E-state index contributed by atoms with van der Waals surface area (Å²) in [4.78, 5) is 0. The number of aromatic nitrogens is 2. The van der Waals surface area contributed by atoms with Crippen LogP contribution in [0.3, 0.4) is 0 Å². The van der Waals surface area contributed by atoms with Crippen LogP contribution in [0, 0.1) is 16.5 Å². The molecule has 104 valence electrons. The molecule has 0 saturated carbocycles. The van der Waals surface area contributed by atoms with Gasteiger partial charge in [-0.2, -0.15) is 9.99 Å². The molecule has 0 aliphatic rings. The molecule has 0 N–H and O–H groups in total. The van der Waals surface area contributed by atoms with Gasteiger partial charge in [-0.05, 0) is 6.07 Å². The highest BCUT2D eigenvalue weighted by Gasteiger charge is 2.17. The second-order valence-corrected chi connectivity index (χ2v) is 4.69. The van der Waals surface area contributed by atoms with Crippen molar-refractivity contribution in [2.45, 2.75) is 6.73 Å². The summed E-state index contributed by atoms with van der Waals surface area (Å²) in [6.07, 6.45) is 3.23. The largest absolute Gasteiger partial charge is 0.618 e. The molecule has 0 bridgehead atoms. The SMILES string of the molecule is COCn1cc(-c2cc(C#N)cc[n+]2[O-])c2ccccc21. The van der Waals surface area contributed by atoms with Gasteiger partial charge >= 0.3 is 0 Å². The van der Waals surface area contributed by atoms with Gasteiger partial charge in [-0.25, -0.2) is 0 Å². The molecular weight excluding hydrogens is 266 g/mol. The molecule has 0 aliphatic carbocycles. The Morgan fingerprint density at radius 1 is 1.33 bits per heavy atom. The van der Waals surface area contributed by atoms with Gasteiger partial charge in [0.1, 0.15) is 6.73 Å². The van der Waals surface area contributed by atoms with Crippen LogP contribution in [0.25, 0.3) is 22.2 Å². The molecule has 5 nitrogen and oxygen atoms in total. The number of nitrogens with zero attached hydrogens (tertiary/aromatic N) is 3. The van der Waals surface area contributed by atoms with E-state index < -0.39 is 0 Å². The summed E-state index contributed by atoms with van der Waals surface area (Å²) in [7, 11) is 1.62. The predicted octanol–water partition coefficient (Wildman–Crippen LogP) is 2.42. The Balaban J connectivity index is 2.28. The summed E-state index contributed by atoms with van der Waals surface area (Å²) >= 11 is 0. The monoisotopic (exact) mass is 279 g/mol. The average molecular weight is 279 g/mol. The molecule has 0 saturated heterocycles. The quantitative estimate of drug-likeness (QED) is 0.546. The number of fused-ring (bicyclic) bond motifs is 1. The van der Waals surface area contributed by atoms with Crippen LogP contribution in [-0.4, -0.2) is 11.7 Å².